The number of benzene rings is 2. The first-order chi connectivity index (χ1) is 10.6. The molecule has 0 bridgehead atoms. The van der Waals surface area contributed by atoms with E-state index in [1.165, 1.54) is 6.07 Å². The molecule has 0 aliphatic carbocycles. The third-order valence-electron chi connectivity index (χ3n) is 4.70. The van der Waals surface area contributed by atoms with Crippen molar-refractivity contribution in [1.29, 1.82) is 0 Å². The zero-order valence-electron chi connectivity index (χ0n) is 11.7. The summed E-state index contributed by atoms with van der Waals surface area (Å²) in [5, 5.41) is 6.41. The molecule has 112 valence electrons. The Labute approximate surface area is 136 Å². The van der Waals surface area contributed by atoms with Gasteiger partial charge in [0.15, 0.2) is 0 Å². The Morgan fingerprint density at radius 2 is 2.05 bits per heavy atom. The van der Waals surface area contributed by atoms with Crippen molar-refractivity contribution in [3.63, 3.8) is 0 Å². The molecule has 2 N–H and O–H groups in total. The van der Waals surface area contributed by atoms with Gasteiger partial charge in [-0.3, -0.25) is 4.79 Å². The predicted octanol–water partition coefficient (Wildman–Crippen LogP) is 3.51. The summed E-state index contributed by atoms with van der Waals surface area (Å²) in [4.78, 5) is 12.8. The van der Waals surface area contributed by atoms with Gasteiger partial charge in [0.25, 0.3) is 0 Å². The van der Waals surface area contributed by atoms with E-state index in [2.05, 4.69) is 26.6 Å². The Kier molecular flexibility index (Phi) is 3.09. The molecule has 5 heteroatoms. The third-order valence-corrected chi connectivity index (χ3v) is 5.31. The molecule has 2 aromatic carbocycles. The molecule has 2 aromatic rings. The number of hydrogen-bond acceptors (Lipinski definition) is 2. The minimum atomic E-state index is -0.617. The van der Waals surface area contributed by atoms with Gasteiger partial charge in [-0.1, -0.05) is 24.3 Å². The van der Waals surface area contributed by atoms with Gasteiger partial charge in [-0.05, 0) is 58.2 Å². The number of para-hydroxylation sites is 1. The van der Waals surface area contributed by atoms with Crippen molar-refractivity contribution in [3.8, 4) is 0 Å². The number of hydrogen-bond donors (Lipinski definition) is 2. The first-order valence-corrected chi connectivity index (χ1v) is 8.01. The maximum absolute atomic E-state index is 13.5. The smallest absolute Gasteiger partial charge is 0.237 e. The second kappa shape index (κ2) is 4.89. The van der Waals surface area contributed by atoms with E-state index in [9.17, 15) is 9.18 Å². The Bertz CT molecular complexity index is 779. The van der Waals surface area contributed by atoms with Gasteiger partial charge in [-0.2, -0.15) is 0 Å². The number of nitrogens with one attached hydrogen (secondary N) is 2. The lowest BCUT2D eigenvalue weighted by atomic mass is 9.73. The summed E-state index contributed by atoms with van der Waals surface area (Å²) in [5.74, 6) is -0.281. The molecule has 2 aliphatic rings. The van der Waals surface area contributed by atoms with Crippen LogP contribution in [0.25, 0.3) is 0 Å². The standard InChI is InChI=1S/C17H14BrFN2O/c18-12-9-10(5-6-13(12)19)15-17(7-8-20-15)11-3-1-2-4-14(11)21-16(17)22/h1-6,9,15,20H,7-8H2,(H,21,22)/t15-,17-/m1/s1. The van der Waals surface area contributed by atoms with Gasteiger partial charge >= 0.3 is 0 Å². The van der Waals surface area contributed by atoms with Crippen LogP contribution >= 0.6 is 15.9 Å². The molecule has 22 heavy (non-hydrogen) atoms. The van der Waals surface area contributed by atoms with Crippen molar-refractivity contribution in [1.82, 2.24) is 5.32 Å². The van der Waals surface area contributed by atoms with Gasteiger partial charge in [0, 0.05) is 5.69 Å². The lowest BCUT2D eigenvalue weighted by Crippen LogP contribution is -2.39. The van der Waals surface area contributed by atoms with Gasteiger partial charge in [0.05, 0.1) is 15.9 Å². The van der Waals surface area contributed by atoms with Crippen LogP contribution in [-0.4, -0.2) is 12.5 Å². The highest BCUT2D eigenvalue weighted by Gasteiger charge is 2.55. The van der Waals surface area contributed by atoms with Gasteiger partial charge in [-0.15, -0.1) is 0 Å². The van der Waals surface area contributed by atoms with Crippen LogP contribution in [0, 0.1) is 5.82 Å². The topological polar surface area (TPSA) is 41.1 Å². The van der Waals surface area contributed by atoms with Crippen LogP contribution in [0.15, 0.2) is 46.9 Å². The van der Waals surface area contributed by atoms with Gasteiger partial charge in [0.2, 0.25) is 5.91 Å². The Morgan fingerprint density at radius 1 is 1.23 bits per heavy atom. The van der Waals surface area contributed by atoms with E-state index in [-0.39, 0.29) is 17.8 Å². The van der Waals surface area contributed by atoms with Crippen molar-refractivity contribution in [2.24, 2.45) is 0 Å². The van der Waals surface area contributed by atoms with Gasteiger partial charge in [-0.25, -0.2) is 4.39 Å². The zero-order valence-corrected chi connectivity index (χ0v) is 13.3. The first-order valence-electron chi connectivity index (χ1n) is 7.22. The molecule has 2 heterocycles. The molecule has 0 radical (unpaired) electrons. The van der Waals surface area contributed by atoms with E-state index in [0.29, 0.717) is 4.47 Å². The Hall–Kier alpha value is -1.72. The Balaban J connectivity index is 1.87. The predicted molar refractivity (Wildman–Crippen MR) is 86.2 cm³/mol. The quantitative estimate of drug-likeness (QED) is 0.816. The number of fused-ring (bicyclic) bond motifs is 2. The summed E-state index contributed by atoms with van der Waals surface area (Å²) >= 11 is 3.23. The second-order valence-electron chi connectivity index (χ2n) is 5.78. The van der Waals surface area contributed by atoms with E-state index < -0.39 is 5.41 Å². The summed E-state index contributed by atoms with van der Waals surface area (Å²) in [7, 11) is 0. The second-order valence-corrected chi connectivity index (χ2v) is 6.64. The van der Waals surface area contributed by atoms with Gasteiger partial charge in [0.1, 0.15) is 5.82 Å². The third kappa shape index (κ3) is 1.79. The van der Waals surface area contributed by atoms with E-state index in [1.807, 2.05) is 24.3 Å². The van der Waals surface area contributed by atoms with Crippen LogP contribution in [-0.2, 0) is 10.2 Å². The van der Waals surface area contributed by atoms with Gasteiger partial charge < -0.3 is 10.6 Å². The number of amides is 1. The van der Waals surface area contributed by atoms with Crippen molar-refractivity contribution < 1.29 is 9.18 Å². The maximum atomic E-state index is 13.5. The number of carbonyl (C=O) groups is 1. The molecule has 0 saturated carbocycles. The molecular formula is C17H14BrFN2O. The fraction of sp³-hybridized carbons (Fsp3) is 0.235. The zero-order chi connectivity index (χ0) is 15.3. The monoisotopic (exact) mass is 360 g/mol. The fourth-order valence-corrected chi connectivity index (χ4v) is 4.10. The Morgan fingerprint density at radius 3 is 2.86 bits per heavy atom. The summed E-state index contributed by atoms with van der Waals surface area (Å²) in [6.07, 6.45) is 0.732. The number of halogens is 2. The summed E-state index contributed by atoms with van der Waals surface area (Å²) in [6.45, 7) is 0.751. The van der Waals surface area contributed by atoms with Crippen LogP contribution in [0.3, 0.4) is 0 Å². The largest absolute Gasteiger partial charge is 0.325 e. The molecule has 1 fully saturated rings. The van der Waals surface area contributed by atoms with E-state index >= 15 is 0 Å². The number of anilines is 1. The van der Waals surface area contributed by atoms with Crippen LogP contribution in [0.4, 0.5) is 10.1 Å². The summed E-state index contributed by atoms with van der Waals surface area (Å²) in [5.41, 5.74) is 2.20. The fourth-order valence-electron chi connectivity index (χ4n) is 3.70. The molecule has 4 rings (SSSR count). The molecule has 3 nitrogen and oxygen atoms in total. The van der Waals surface area contributed by atoms with Crippen molar-refractivity contribution in [3.05, 3.63) is 63.9 Å². The molecule has 1 saturated heterocycles. The maximum Gasteiger partial charge on any atom is 0.237 e. The molecule has 1 spiro atoms. The van der Waals surface area contributed by atoms with Crippen LogP contribution < -0.4 is 10.6 Å². The van der Waals surface area contributed by atoms with E-state index in [4.69, 9.17) is 0 Å². The normalized spacial score (nSPS) is 26.3. The minimum Gasteiger partial charge on any atom is -0.325 e. The lowest BCUT2D eigenvalue weighted by molar-refractivity contribution is -0.121. The van der Waals surface area contributed by atoms with E-state index in [1.54, 1.807) is 12.1 Å². The molecule has 1 amide bonds. The highest BCUT2D eigenvalue weighted by Crippen LogP contribution is 2.51. The highest BCUT2D eigenvalue weighted by atomic mass is 79.9. The van der Waals surface area contributed by atoms with Crippen LogP contribution in [0.2, 0.25) is 0 Å². The average Bonchev–Trinajstić information content (AvgIpc) is 3.07. The average molecular weight is 361 g/mol. The molecular weight excluding hydrogens is 347 g/mol. The molecule has 0 aromatic heterocycles. The minimum absolute atomic E-state index is 0.0177. The highest BCUT2D eigenvalue weighted by molar-refractivity contribution is 9.10. The molecule has 2 aliphatic heterocycles. The number of carbonyl (C=O) groups excluding carboxylic acids is 1. The molecule has 2 atom stereocenters. The number of rotatable bonds is 1. The van der Waals surface area contributed by atoms with Crippen molar-refractivity contribution in [2.75, 3.05) is 11.9 Å². The van der Waals surface area contributed by atoms with Crippen LogP contribution in [0.5, 0.6) is 0 Å². The van der Waals surface area contributed by atoms with Crippen molar-refractivity contribution >= 4 is 27.5 Å². The van der Waals surface area contributed by atoms with E-state index in [0.717, 1.165) is 29.8 Å². The van der Waals surface area contributed by atoms with Crippen LogP contribution in [0.1, 0.15) is 23.6 Å². The lowest BCUT2D eigenvalue weighted by Gasteiger charge is -2.29. The SMILES string of the molecule is O=C1Nc2ccccc2[C@@]12CCN[C@@H]2c1ccc(F)c(Br)c1. The summed E-state index contributed by atoms with van der Waals surface area (Å²) < 4.78 is 13.9. The van der Waals surface area contributed by atoms with Crippen molar-refractivity contribution in [2.45, 2.75) is 17.9 Å². The molecule has 0 unspecified atom stereocenters. The first kappa shape index (κ1) is 13.9. The summed E-state index contributed by atoms with van der Waals surface area (Å²) in [6, 6.07) is 12.6.